The molecule has 2 heterocycles. The lowest BCUT2D eigenvalue weighted by atomic mass is 9.94. The monoisotopic (exact) mass is 349 g/mol. The van der Waals surface area contributed by atoms with Crippen molar-refractivity contribution in [2.75, 3.05) is 33.2 Å². The molecule has 6 nitrogen and oxygen atoms in total. The predicted octanol–water partition coefficient (Wildman–Crippen LogP) is 2.85. The molecule has 1 aromatic rings. The largest absolute Gasteiger partial charge is 0.443 e. The second kappa shape index (κ2) is 8.70. The van der Waals surface area contributed by atoms with Gasteiger partial charge in [0, 0.05) is 31.6 Å². The Balaban J connectivity index is 2.00. The summed E-state index contributed by atoms with van der Waals surface area (Å²) in [5.41, 5.74) is -0.0255. The second-order valence-electron chi connectivity index (χ2n) is 7.84. The lowest BCUT2D eigenvalue weighted by Crippen LogP contribution is -2.45. The van der Waals surface area contributed by atoms with E-state index in [9.17, 15) is 0 Å². The van der Waals surface area contributed by atoms with Gasteiger partial charge in [0.2, 0.25) is 5.89 Å². The van der Waals surface area contributed by atoms with Gasteiger partial charge in [-0.25, -0.2) is 9.98 Å². The number of nitrogens with one attached hydrogen (secondary N) is 1. The van der Waals surface area contributed by atoms with Crippen LogP contribution in [0, 0.1) is 0 Å². The van der Waals surface area contributed by atoms with Crippen LogP contribution in [0.5, 0.6) is 0 Å². The number of likely N-dealkylation sites (tertiary alicyclic amines) is 1. The molecule has 1 atom stereocenters. The van der Waals surface area contributed by atoms with Crippen molar-refractivity contribution in [1.82, 2.24) is 20.1 Å². The van der Waals surface area contributed by atoms with Gasteiger partial charge in [0.15, 0.2) is 5.96 Å². The third-order valence-electron chi connectivity index (χ3n) is 4.74. The lowest BCUT2D eigenvalue weighted by molar-refractivity contribution is 0.232. The molecule has 142 valence electrons. The molecule has 1 fully saturated rings. The Morgan fingerprint density at radius 2 is 2.20 bits per heavy atom. The Labute approximate surface area is 152 Å². The number of hydrogen-bond acceptors (Lipinski definition) is 4. The lowest BCUT2D eigenvalue weighted by Gasteiger charge is -2.29. The molecule has 1 aliphatic heterocycles. The molecule has 1 unspecified atom stereocenters. The minimum absolute atomic E-state index is 0.0255. The van der Waals surface area contributed by atoms with E-state index in [4.69, 9.17) is 9.41 Å². The minimum atomic E-state index is -0.0255. The second-order valence-corrected chi connectivity index (χ2v) is 7.84. The quantitative estimate of drug-likeness (QED) is 0.632. The molecular formula is C19H35N5O. The van der Waals surface area contributed by atoms with Gasteiger partial charge in [-0.2, -0.15) is 0 Å². The van der Waals surface area contributed by atoms with Crippen LogP contribution in [0.15, 0.2) is 15.6 Å². The summed E-state index contributed by atoms with van der Waals surface area (Å²) < 4.78 is 5.85. The molecule has 0 saturated carbocycles. The molecule has 1 N–H and O–H groups in total. The number of aromatic nitrogens is 1. The number of rotatable bonds is 6. The Morgan fingerprint density at radius 3 is 2.80 bits per heavy atom. The van der Waals surface area contributed by atoms with Gasteiger partial charge in [-0.15, -0.1) is 0 Å². The van der Waals surface area contributed by atoms with Gasteiger partial charge in [0.25, 0.3) is 0 Å². The summed E-state index contributed by atoms with van der Waals surface area (Å²) in [6.07, 6.45) is 4.39. The van der Waals surface area contributed by atoms with Crippen LogP contribution < -0.4 is 5.32 Å². The SMILES string of the molecule is CCNC(=NCc1ncc(C(C)(C)C)o1)N(C)CC1CCCN1CC. The number of likely N-dealkylation sites (N-methyl/N-ethyl adjacent to an activating group) is 2. The van der Waals surface area contributed by atoms with E-state index in [1.54, 1.807) is 0 Å². The van der Waals surface area contributed by atoms with Gasteiger partial charge >= 0.3 is 0 Å². The summed E-state index contributed by atoms with van der Waals surface area (Å²) in [5, 5.41) is 3.38. The zero-order valence-electron chi connectivity index (χ0n) is 16.8. The van der Waals surface area contributed by atoms with E-state index >= 15 is 0 Å². The highest BCUT2D eigenvalue weighted by Gasteiger charge is 2.25. The van der Waals surface area contributed by atoms with E-state index in [2.05, 4.69) is 61.8 Å². The standard InChI is InChI=1S/C19H35N5O/c1-7-20-18(23(6)14-15-10-9-11-24(15)8-2)22-13-17-21-12-16(25-17)19(3,4)5/h12,15H,7-11,13-14H2,1-6H3,(H,20,22). The third kappa shape index (κ3) is 5.46. The van der Waals surface area contributed by atoms with Crippen LogP contribution in [0.2, 0.25) is 0 Å². The van der Waals surface area contributed by atoms with Crippen LogP contribution >= 0.6 is 0 Å². The molecule has 1 aromatic heterocycles. The van der Waals surface area contributed by atoms with Crippen molar-refractivity contribution in [2.24, 2.45) is 4.99 Å². The van der Waals surface area contributed by atoms with Gasteiger partial charge in [0.05, 0.1) is 6.20 Å². The molecule has 25 heavy (non-hydrogen) atoms. The van der Waals surface area contributed by atoms with Gasteiger partial charge in [-0.3, -0.25) is 4.90 Å². The van der Waals surface area contributed by atoms with Crippen molar-refractivity contribution < 1.29 is 4.42 Å². The number of nitrogens with zero attached hydrogens (tertiary/aromatic N) is 4. The summed E-state index contributed by atoms with van der Waals surface area (Å²) in [5.74, 6) is 2.49. The van der Waals surface area contributed by atoms with E-state index in [1.165, 1.54) is 19.4 Å². The van der Waals surface area contributed by atoms with Crippen LogP contribution in [0.1, 0.15) is 59.1 Å². The Bertz CT molecular complexity index is 560. The molecule has 0 bridgehead atoms. The molecule has 1 saturated heterocycles. The van der Waals surface area contributed by atoms with Crippen molar-refractivity contribution in [1.29, 1.82) is 0 Å². The third-order valence-corrected chi connectivity index (χ3v) is 4.74. The maximum atomic E-state index is 5.85. The van der Waals surface area contributed by atoms with Crippen LogP contribution in [0.3, 0.4) is 0 Å². The Hall–Kier alpha value is -1.56. The van der Waals surface area contributed by atoms with Gasteiger partial charge in [-0.1, -0.05) is 27.7 Å². The molecule has 6 heteroatoms. The molecule has 1 aliphatic rings. The van der Waals surface area contributed by atoms with Gasteiger partial charge in [0.1, 0.15) is 12.3 Å². The number of hydrogen-bond donors (Lipinski definition) is 1. The first-order valence-corrected chi connectivity index (χ1v) is 9.53. The fraction of sp³-hybridized carbons (Fsp3) is 0.789. The molecule has 0 amide bonds. The topological polar surface area (TPSA) is 56.9 Å². The first kappa shape index (κ1) is 19.8. The van der Waals surface area contributed by atoms with Gasteiger partial charge in [-0.05, 0) is 32.9 Å². The highest BCUT2D eigenvalue weighted by Crippen LogP contribution is 2.23. The Kier molecular flexibility index (Phi) is 6.87. The van der Waals surface area contributed by atoms with Crippen molar-refractivity contribution in [3.63, 3.8) is 0 Å². The van der Waals surface area contributed by atoms with Crippen LogP contribution in [-0.4, -0.2) is 60.0 Å². The maximum absolute atomic E-state index is 5.85. The van der Waals surface area contributed by atoms with E-state index in [0.29, 0.717) is 18.5 Å². The first-order valence-electron chi connectivity index (χ1n) is 9.53. The van der Waals surface area contributed by atoms with Crippen molar-refractivity contribution >= 4 is 5.96 Å². The average molecular weight is 350 g/mol. The Morgan fingerprint density at radius 1 is 1.44 bits per heavy atom. The summed E-state index contributed by atoms with van der Waals surface area (Å²) in [7, 11) is 2.11. The summed E-state index contributed by atoms with van der Waals surface area (Å²) in [6, 6.07) is 0.619. The van der Waals surface area contributed by atoms with Crippen molar-refractivity contribution in [3.05, 3.63) is 17.8 Å². The van der Waals surface area contributed by atoms with E-state index in [-0.39, 0.29) is 5.41 Å². The van der Waals surface area contributed by atoms with Gasteiger partial charge < -0.3 is 14.6 Å². The first-order chi connectivity index (χ1) is 11.8. The summed E-state index contributed by atoms with van der Waals surface area (Å²) in [4.78, 5) is 13.9. The highest BCUT2D eigenvalue weighted by atomic mass is 16.4. The van der Waals surface area contributed by atoms with E-state index in [1.807, 2.05) is 6.20 Å². The normalized spacial score (nSPS) is 19.4. The molecule has 0 spiro atoms. The van der Waals surface area contributed by atoms with E-state index in [0.717, 1.165) is 31.4 Å². The number of guanidine groups is 1. The van der Waals surface area contributed by atoms with Crippen molar-refractivity contribution in [3.8, 4) is 0 Å². The molecular weight excluding hydrogens is 314 g/mol. The summed E-state index contributed by atoms with van der Waals surface area (Å²) >= 11 is 0. The van der Waals surface area contributed by atoms with Crippen LogP contribution in [0.4, 0.5) is 0 Å². The molecule has 0 radical (unpaired) electrons. The van der Waals surface area contributed by atoms with Crippen molar-refractivity contribution in [2.45, 2.75) is 65.5 Å². The zero-order chi connectivity index (χ0) is 18.4. The smallest absolute Gasteiger partial charge is 0.216 e. The fourth-order valence-corrected chi connectivity index (χ4v) is 3.26. The van der Waals surface area contributed by atoms with Crippen LogP contribution in [0.25, 0.3) is 0 Å². The fourth-order valence-electron chi connectivity index (χ4n) is 3.26. The van der Waals surface area contributed by atoms with Crippen LogP contribution in [-0.2, 0) is 12.0 Å². The maximum Gasteiger partial charge on any atom is 0.216 e. The predicted molar refractivity (Wildman–Crippen MR) is 103 cm³/mol. The number of aliphatic imine (C=N–C) groups is 1. The highest BCUT2D eigenvalue weighted by molar-refractivity contribution is 5.79. The molecule has 0 aromatic carbocycles. The zero-order valence-corrected chi connectivity index (χ0v) is 16.8. The minimum Gasteiger partial charge on any atom is -0.443 e. The molecule has 2 rings (SSSR count). The summed E-state index contributed by atoms with van der Waals surface area (Å²) in [6.45, 7) is 15.4. The number of oxazole rings is 1. The average Bonchev–Trinajstić information content (AvgIpc) is 3.19. The molecule has 0 aliphatic carbocycles. The van der Waals surface area contributed by atoms with E-state index < -0.39 is 0 Å².